The van der Waals surface area contributed by atoms with Crippen LogP contribution in [0.2, 0.25) is 0 Å². The van der Waals surface area contributed by atoms with Crippen LogP contribution in [-0.4, -0.2) is 44.4 Å². The molecule has 1 aromatic carbocycles. The van der Waals surface area contributed by atoms with E-state index in [-0.39, 0.29) is 4.90 Å². The van der Waals surface area contributed by atoms with Gasteiger partial charge in [-0.15, -0.1) is 0 Å². The Morgan fingerprint density at radius 2 is 2.05 bits per heavy atom. The van der Waals surface area contributed by atoms with Crippen LogP contribution in [0, 0.1) is 6.92 Å². The number of hydrogen-bond donors (Lipinski definition) is 1. The van der Waals surface area contributed by atoms with E-state index in [1.54, 1.807) is 17.8 Å². The number of anilines is 1. The molecule has 2 rings (SSSR count). The van der Waals surface area contributed by atoms with E-state index in [9.17, 15) is 8.42 Å². The molecule has 20 heavy (non-hydrogen) atoms. The van der Waals surface area contributed by atoms with Crippen molar-refractivity contribution in [2.24, 2.45) is 0 Å². The second-order valence-electron chi connectivity index (χ2n) is 4.73. The summed E-state index contributed by atoms with van der Waals surface area (Å²) in [7, 11) is -2.08. The number of hydrogen-bond acceptors (Lipinski definition) is 5. The third-order valence-corrected chi connectivity index (χ3v) is 6.32. The van der Waals surface area contributed by atoms with Gasteiger partial charge in [0.25, 0.3) is 0 Å². The molecule has 1 aliphatic heterocycles. The molecule has 1 aliphatic rings. The summed E-state index contributed by atoms with van der Waals surface area (Å²) in [6, 6.07) is 3.18. The summed E-state index contributed by atoms with van der Waals surface area (Å²) < 4.78 is 32.3. The summed E-state index contributed by atoms with van der Waals surface area (Å²) in [5.41, 5.74) is 7.14. The van der Waals surface area contributed by atoms with E-state index in [0.717, 1.165) is 23.5 Å². The summed E-state index contributed by atoms with van der Waals surface area (Å²) >= 11 is 1.78. The number of aryl methyl sites for hydroxylation is 1. The number of ether oxygens (including phenoxy) is 1. The van der Waals surface area contributed by atoms with Crippen molar-refractivity contribution in [1.82, 2.24) is 4.31 Å². The molecule has 0 atom stereocenters. The lowest BCUT2D eigenvalue weighted by molar-refractivity contribution is 0.394. The minimum absolute atomic E-state index is 0.162. The molecular formula is C13H20N2O3S2. The highest BCUT2D eigenvalue weighted by molar-refractivity contribution is 7.99. The second kappa shape index (κ2) is 6.24. The molecule has 1 fully saturated rings. The predicted molar refractivity (Wildman–Crippen MR) is 82.8 cm³/mol. The van der Waals surface area contributed by atoms with E-state index in [2.05, 4.69) is 0 Å². The topological polar surface area (TPSA) is 72.6 Å². The van der Waals surface area contributed by atoms with E-state index in [1.165, 1.54) is 17.5 Å². The van der Waals surface area contributed by atoms with E-state index in [4.69, 9.17) is 10.5 Å². The largest absolute Gasteiger partial charge is 0.495 e. The van der Waals surface area contributed by atoms with Crippen LogP contribution in [0.3, 0.4) is 0 Å². The minimum Gasteiger partial charge on any atom is -0.495 e. The predicted octanol–water partition coefficient (Wildman–Crippen LogP) is 1.71. The van der Waals surface area contributed by atoms with Crippen LogP contribution in [0.1, 0.15) is 12.0 Å². The van der Waals surface area contributed by atoms with Crippen molar-refractivity contribution in [3.63, 3.8) is 0 Å². The number of benzene rings is 1. The normalized spacial score (nSPS) is 17.7. The Labute approximate surface area is 124 Å². The molecule has 1 heterocycles. The number of thioether (sulfide) groups is 1. The van der Waals surface area contributed by atoms with Crippen LogP contribution in [0.25, 0.3) is 0 Å². The van der Waals surface area contributed by atoms with Crippen molar-refractivity contribution in [2.75, 3.05) is 37.4 Å². The summed E-state index contributed by atoms with van der Waals surface area (Å²) in [6.45, 7) is 2.91. The first kappa shape index (κ1) is 15.5. The average molecular weight is 316 g/mol. The standard InChI is InChI=1S/C13H20N2O3S2/c1-10-8-12(18-2)13(9-11(10)14)20(16,17)15-4-3-6-19-7-5-15/h8-9H,3-7,14H2,1-2H3. The van der Waals surface area contributed by atoms with Crippen molar-refractivity contribution in [1.29, 1.82) is 0 Å². The fourth-order valence-corrected chi connectivity index (χ4v) is 4.80. The number of nitrogen functional groups attached to an aromatic ring is 1. The summed E-state index contributed by atoms with van der Waals surface area (Å²) in [5.74, 6) is 2.18. The SMILES string of the molecule is COc1cc(C)c(N)cc1S(=O)(=O)N1CCCSCC1. The molecule has 112 valence electrons. The number of nitrogens with zero attached hydrogens (tertiary/aromatic N) is 1. The summed E-state index contributed by atoms with van der Waals surface area (Å²) in [5, 5.41) is 0. The lowest BCUT2D eigenvalue weighted by Crippen LogP contribution is -2.33. The minimum atomic E-state index is -3.55. The number of sulfonamides is 1. The van der Waals surface area contributed by atoms with E-state index in [0.29, 0.717) is 24.5 Å². The van der Waals surface area contributed by atoms with Crippen LogP contribution < -0.4 is 10.5 Å². The lowest BCUT2D eigenvalue weighted by atomic mass is 10.2. The van der Waals surface area contributed by atoms with Gasteiger partial charge >= 0.3 is 0 Å². The highest BCUT2D eigenvalue weighted by Gasteiger charge is 2.28. The Morgan fingerprint density at radius 3 is 2.75 bits per heavy atom. The molecule has 0 unspecified atom stereocenters. The van der Waals surface area contributed by atoms with E-state index < -0.39 is 10.0 Å². The van der Waals surface area contributed by atoms with Gasteiger partial charge < -0.3 is 10.5 Å². The van der Waals surface area contributed by atoms with Gasteiger partial charge in [-0.25, -0.2) is 8.42 Å². The smallest absolute Gasteiger partial charge is 0.246 e. The monoisotopic (exact) mass is 316 g/mol. The Balaban J connectivity index is 2.45. The number of rotatable bonds is 3. The van der Waals surface area contributed by atoms with Crippen LogP contribution >= 0.6 is 11.8 Å². The summed E-state index contributed by atoms with van der Waals surface area (Å²) in [6.07, 6.45) is 0.869. The van der Waals surface area contributed by atoms with Crippen molar-refractivity contribution < 1.29 is 13.2 Å². The third kappa shape index (κ3) is 3.05. The van der Waals surface area contributed by atoms with Crippen molar-refractivity contribution in [3.05, 3.63) is 17.7 Å². The number of nitrogens with two attached hydrogens (primary N) is 1. The molecule has 0 saturated carbocycles. The molecule has 0 aromatic heterocycles. The maximum atomic E-state index is 12.8. The van der Waals surface area contributed by atoms with E-state index in [1.807, 2.05) is 6.92 Å². The lowest BCUT2D eigenvalue weighted by Gasteiger charge is -2.21. The average Bonchev–Trinajstić information content (AvgIpc) is 2.70. The fraction of sp³-hybridized carbons (Fsp3) is 0.538. The molecule has 0 bridgehead atoms. The van der Waals surface area contributed by atoms with Gasteiger partial charge in [0, 0.05) is 24.5 Å². The van der Waals surface area contributed by atoms with Crippen LogP contribution in [0.5, 0.6) is 5.75 Å². The maximum absolute atomic E-state index is 12.8. The molecule has 5 nitrogen and oxygen atoms in total. The highest BCUT2D eigenvalue weighted by atomic mass is 32.2. The maximum Gasteiger partial charge on any atom is 0.246 e. The van der Waals surface area contributed by atoms with Gasteiger partial charge in [0.15, 0.2) is 0 Å². The van der Waals surface area contributed by atoms with Crippen LogP contribution in [0.4, 0.5) is 5.69 Å². The zero-order valence-electron chi connectivity index (χ0n) is 11.8. The van der Waals surface area contributed by atoms with Gasteiger partial charge in [0.1, 0.15) is 10.6 Å². The van der Waals surface area contributed by atoms with Gasteiger partial charge in [0.2, 0.25) is 10.0 Å². The first-order chi connectivity index (χ1) is 9.46. The Bertz CT molecular complexity index is 580. The molecule has 7 heteroatoms. The molecule has 0 spiro atoms. The van der Waals surface area contributed by atoms with Crippen LogP contribution in [-0.2, 0) is 10.0 Å². The second-order valence-corrected chi connectivity index (χ2v) is 7.86. The van der Waals surface area contributed by atoms with Crippen molar-refractivity contribution in [2.45, 2.75) is 18.2 Å². The fourth-order valence-electron chi connectivity index (χ4n) is 2.14. The van der Waals surface area contributed by atoms with Crippen LogP contribution in [0.15, 0.2) is 17.0 Å². The first-order valence-corrected chi connectivity index (χ1v) is 9.08. The van der Waals surface area contributed by atoms with E-state index >= 15 is 0 Å². The molecule has 2 N–H and O–H groups in total. The molecule has 1 aromatic rings. The van der Waals surface area contributed by atoms with Gasteiger partial charge in [-0.2, -0.15) is 16.1 Å². The molecule has 1 saturated heterocycles. The summed E-state index contributed by atoms with van der Waals surface area (Å²) in [4.78, 5) is 0.162. The first-order valence-electron chi connectivity index (χ1n) is 6.49. The van der Waals surface area contributed by atoms with Gasteiger partial charge in [-0.05, 0) is 36.8 Å². The van der Waals surface area contributed by atoms with Crippen molar-refractivity contribution in [3.8, 4) is 5.75 Å². The Hall–Kier alpha value is -0.920. The number of methoxy groups -OCH3 is 1. The molecule has 0 amide bonds. The molecular weight excluding hydrogens is 296 g/mol. The zero-order valence-corrected chi connectivity index (χ0v) is 13.4. The van der Waals surface area contributed by atoms with Gasteiger partial charge in [0.05, 0.1) is 7.11 Å². The Kier molecular flexibility index (Phi) is 4.82. The molecule has 0 radical (unpaired) electrons. The Morgan fingerprint density at radius 1 is 1.30 bits per heavy atom. The third-order valence-electron chi connectivity index (χ3n) is 3.35. The van der Waals surface area contributed by atoms with Crippen molar-refractivity contribution >= 4 is 27.5 Å². The highest BCUT2D eigenvalue weighted by Crippen LogP contribution is 2.31. The quantitative estimate of drug-likeness (QED) is 0.860. The van der Waals surface area contributed by atoms with Gasteiger partial charge in [-0.3, -0.25) is 0 Å². The zero-order chi connectivity index (χ0) is 14.8. The molecule has 0 aliphatic carbocycles. The van der Waals surface area contributed by atoms with Gasteiger partial charge in [-0.1, -0.05) is 0 Å².